The largest absolute Gasteiger partial charge is 0.332 e. The average molecular weight is 176 g/mol. The van der Waals surface area contributed by atoms with Gasteiger partial charge in [-0.2, -0.15) is 8.42 Å². The summed E-state index contributed by atoms with van der Waals surface area (Å²) < 4.78 is 22.8. The van der Waals surface area contributed by atoms with E-state index >= 15 is 0 Å². The summed E-state index contributed by atoms with van der Waals surface area (Å²) in [6.07, 6.45) is 0. The van der Waals surface area contributed by atoms with E-state index < -0.39 is 10.5 Å². The Bertz CT molecular complexity index is 305. The van der Waals surface area contributed by atoms with Crippen LogP contribution in [0.1, 0.15) is 0 Å². The molecule has 0 radical (unpaired) electrons. The molecule has 54 valence electrons. The van der Waals surface area contributed by atoms with Crippen molar-refractivity contribution in [1.29, 1.82) is 0 Å². The van der Waals surface area contributed by atoms with Crippen molar-refractivity contribution in [1.82, 2.24) is 0 Å². The molecule has 0 unspecified atom stereocenters. The van der Waals surface area contributed by atoms with Crippen molar-refractivity contribution >= 4 is 26.8 Å². The summed E-state index contributed by atoms with van der Waals surface area (Å²) in [5.41, 5.74) is 2.35. The van der Waals surface area contributed by atoms with Crippen LogP contribution in [0.5, 0.6) is 0 Å². The first-order valence-corrected chi connectivity index (χ1v) is 4.30. The fraction of sp³-hybridized carbons (Fsp3) is 0. The van der Waals surface area contributed by atoms with Gasteiger partial charge in [0.05, 0.1) is 0 Å². The van der Waals surface area contributed by atoms with Crippen LogP contribution in [0.3, 0.4) is 0 Å². The second kappa shape index (κ2) is 3.33. The summed E-state index contributed by atoms with van der Waals surface area (Å²) in [4.78, 5) is 0. The summed E-state index contributed by atoms with van der Waals surface area (Å²) in [7, 11) is -2.38. The predicted octanol–water partition coefficient (Wildman–Crippen LogP) is 1.14. The molecule has 0 bridgehead atoms. The Labute approximate surface area is 63.2 Å². The summed E-state index contributed by atoms with van der Waals surface area (Å²) in [6.45, 7) is 0. The zero-order chi connectivity index (χ0) is 7.40. The molecule has 4 nitrogen and oxygen atoms in total. The molecule has 1 N–H and O–H groups in total. The maximum atomic E-state index is 9.87. The van der Waals surface area contributed by atoms with Crippen molar-refractivity contribution in [2.45, 2.75) is 0 Å². The van der Waals surface area contributed by atoms with Gasteiger partial charge in [0.15, 0.2) is 0 Å². The van der Waals surface area contributed by atoms with Crippen LogP contribution in [-0.2, 0) is 10.5 Å². The zero-order valence-electron chi connectivity index (χ0n) is 4.81. The first kappa shape index (κ1) is 7.23. The van der Waals surface area contributed by atoms with E-state index in [4.69, 9.17) is 0 Å². The molecule has 6 heteroatoms. The average Bonchev–Trinajstić information content (AvgIpc) is 2.34. The van der Waals surface area contributed by atoms with E-state index in [1.165, 1.54) is 11.3 Å². The minimum Gasteiger partial charge on any atom is -0.253 e. The summed E-state index contributed by atoms with van der Waals surface area (Å²) in [5.74, 6) is 0. The highest BCUT2D eigenvalue weighted by Crippen LogP contribution is 2.14. The highest BCUT2D eigenvalue weighted by atomic mass is 32.2. The Kier molecular flexibility index (Phi) is 2.41. The first-order valence-electron chi connectivity index (χ1n) is 2.38. The Morgan fingerprint density at radius 1 is 1.60 bits per heavy atom. The lowest BCUT2D eigenvalue weighted by atomic mass is 10.6. The first-order chi connectivity index (χ1) is 4.79. The molecule has 0 saturated heterocycles. The van der Waals surface area contributed by atoms with E-state index in [1.807, 2.05) is 5.38 Å². The topological polar surface area (TPSA) is 58.5 Å². The monoisotopic (exact) mass is 176 g/mol. The minimum absolute atomic E-state index is 0.712. The summed E-state index contributed by atoms with van der Waals surface area (Å²) in [5, 5.41) is 2.54. The molecule has 1 heterocycles. The molecule has 0 aromatic carbocycles. The number of anilines is 1. The number of nitrogens with one attached hydrogen (secondary N) is 1. The molecular formula is C4H4N2O2S2. The third-order valence-corrected chi connectivity index (χ3v) is 1.77. The quantitative estimate of drug-likeness (QED) is 0.687. The molecule has 0 atom stereocenters. The second-order valence-corrected chi connectivity index (χ2v) is 2.96. The van der Waals surface area contributed by atoms with Crippen LogP contribution in [0.4, 0.5) is 5.00 Å². The van der Waals surface area contributed by atoms with E-state index in [9.17, 15) is 8.42 Å². The van der Waals surface area contributed by atoms with E-state index in [0.717, 1.165) is 0 Å². The Morgan fingerprint density at radius 2 is 2.40 bits per heavy atom. The highest BCUT2D eigenvalue weighted by molar-refractivity contribution is 7.61. The maximum Gasteiger partial charge on any atom is 0.332 e. The fourth-order valence-corrected chi connectivity index (χ4v) is 1.21. The fourth-order valence-electron chi connectivity index (χ4n) is 0.424. The van der Waals surface area contributed by atoms with Gasteiger partial charge in [-0.3, -0.25) is 5.43 Å². The molecule has 1 aromatic rings. The van der Waals surface area contributed by atoms with Gasteiger partial charge in [-0.25, -0.2) is 0 Å². The molecule has 10 heavy (non-hydrogen) atoms. The zero-order valence-corrected chi connectivity index (χ0v) is 6.45. The van der Waals surface area contributed by atoms with Crippen LogP contribution in [-0.4, -0.2) is 8.42 Å². The molecule has 0 aliphatic heterocycles. The summed E-state index contributed by atoms with van der Waals surface area (Å²) >= 11 is 1.39. The van der Waals surface area contributed by atoms with Crippen LogP contribution in [0.25, 0.3) is 0 Å². The lowest BCUT2D eigenvalue weighted by Crippen LogP contribution is -1.80. The van der Waals surface area contributed by atoms with E-state index in [-0.39, 0.29) is 0 Å². The van der Waals surface area contributed by atoms with Gasteiger partial charge in [0.1, 0.15) is 5.00 Å². The van der Waals surface area contributed by atoms with Crippen molar-refractivity contribution in [3.8, 4) is 0 Å². The van der Waals surface area contributed by atoms with Gasteiger partial charge >= 0.3 is 10.5 Å². The van der Waals surface area contributed by atoms with Gasteiger partial charge < -0.3 is 0 Å². The van der Waals surface area contributed by atoms with Gasteiger partial charge in [0.2, 0.25) is 0 Å². The van der Waals surface area contributed by atoms with E-state index in [1.54, 1.807) is 12.1 Å². The molecule has 1 aromatic heterocycles. The molecule has 1 rings (SSSR count). The molecule has 0 amide bonds. The lowest BCUT2D eigenvalue weighted by molar-refractivity contribution is 0.621. The van der Waals surface area contributed by atoms with Crippen LogP contribution in [0.15, 0.2) is 22.0 Å². The van der Waals surface area contributed by atoms with Crippen molar-refractivity contribution in [3.05, 3.63) is 17.5 Å². The van der Waals surface area contributed by atoms with Gasteiger partial charge in [-0.05, 0) is 17.5 Å². The van der Waals surface area contributed by atoms with Crippen molar-refractivity contribution in [3.63, 3.8) is 0 Å². The molecule has 0 aliphatic carbocycles. The van der Waals surface area contributed by atoms with Crippen LogP contribution >= 0.6 is 11.3 Å². The normalized spacial score (nSPS) is 8.80. The minimum atomic E-state index is -2.38. The van der Waals surface area contributed by atoms with Crippen molar-refractivity contribution < 1.29 is 8.42 Å². The lowest BCUT2D eigenvalue weighted by Gasteiger charge is -1.85. The second-order valence-electron chi connectivity index (χ2n) is 1.40. The number of nitrogens with zero attached hydrogens (tertiary/aromatic N) is 1. The number of rotatable bonds is 2. The van der Waals surface area contributed by atoms with E-state index in [2.05, 4.69) is 9.90 Å². The summed E-state index contributed by atoms with van der Waals surface area (Å²) in [6, 6.07) is 3.54. The van der Waals surface area contributed by atoms with Crippen LogP contribution < -0.4 is 5.43 Å². The molecule has 0 fully saturated rings. The third-order valence-electron chi connectivity index (χ3n) is 0.752. The number of thiophene rings is 1. The van der Waals surface area contributed by atoms with Gasteiger partial charge in [-0.15, -0.1) is 11.3 Å². The van der Waals surface area contributed by atoms with Gasteiger partial charge in [-0.1, -0.05) is 4.47 Å². The highest BCUT2D eigenvalue weighted by Gasteiger charge is 1.86. The smallest absolute Gasteiger partial charge is 0.253 e. The van der Waals surface area contributed by atoms with Crippen molar-refractivity contribution in [2.75, 3.05) is 5.43 Å². The Hall–Kier alpha value is -0.880. The Balaban J connectivity index is 2.66. The number of hydrogen-bond donors (Lipinski definition) is 1. The molecule has 0 spiro atoms. The SMILES string of the molecule is O=S(=O)=NNc1cccs1. The van der Waals surface area contributed by atoms with Crippen LogP contribution in [0, 0.1) is 0 Å². The van der Waals surface area contributed by atoms with Crippen LogP contribution in [0.2, 0.25) is 0 Å². The predicted molar refractivity (Wildman–Crippen MR) is 39.3 cm³/mol. The molecular weight excluding hydrogens is 172 g/mol. The maximum absolute atomic E-state index is 9.87. The number of hydrogen-bond acceptors (Lipinski definition) is 4. The standard InChI is InChI=1S/C4H4N2O2S2/c7-10(8)6-5-4-2-1-3-9-4/h1-3,5H. The van der Waals surface area contributed by atoms with Crippen molar-refractivity contribution in [2.24, 2.45) is 4.47 Å². The van der Waals surface area contributed by atoms with E-state index in [0.29, 0.717) is 5.00 Å². The Morgan fingerprint density at radius 3 is 2.90 bits per heavy atom. The molecule has 0 saturated carbocycles. The van der Waals surface area contributed by atoms with Gasteiger partial charge in [0, 0.05) is 0 Å². The third kappa shape index (κ3) is 2.16. The van der Waals surface area contributed by atoms with Gasteiger partial charge in [0.25, 0.3) is 0 Å². The molecule has 0 aliphatic rings.